The number of aromatic hydroxyl groups is 3. The molecule has 0 unspecified atom stereocenters. The van der Waals surface area contributed by atoms with Gasteiger partial charge < -0.3 is 67.8 Å². The number of hydrogen-bond acceptors (Lipinski definition) is 15. The van der Waals surface area contributed by atoms with Gasteiger partial charge in [0.25, 0.3) is 6.47 Å². The van der Waals surface area contributed by atoms with Crippen LogP contribution in [-0.4, -0.2) is 133 Å². The van der Waals surface area contributed by atoms with Crippen molar-refractivity contribution >= 4 is 419 Å². The van der Waals surface area contributed by atoms with Crippen LogP contribution in [0, 0.1) is 113 Å². The molecule has 0 aromatic heterocycles. The quantitative estimate of drug-likeness (QED) is 0.0192. The Bertz CT molecular complexity index is 3550. The normalized spacial score (nSPS) is 10.4. The molecule has 0 atom stereocenters. The summed E-state index contributed by atoms with van der Waals surface area (Å²) in [5, 5.41) is 37.2. The van der Waals surface area contributed by atoms with E-state index in [4.69, 9.17) is 52.5 Å². The van der Waals surface area contributed by atoms with E-state index in [9.17, 15) is 24.9 Å². The van der Waals surface area contributed by atoms with Gasteiger partial charge in [0.05, 0.1) is 104 Å². The van der Waals surface area contributed by atoms with Crippen molar-refractivity contribution in [1.82, 2.24) is 0 Å². The van der Waals surface area contributed by atoms with Crippen molar-refractivity contribution < 1.29 is 77.4 Å². The highest BCUT2D eigenvalue weighted by Crippen LogP contribution is 2.38. The molecular weight excluding hydrogens is 3330 g/mol. The van der Waals surface area contributed by atoms with E-state index < -0.39 is 5.97 Å². The number of carboxylic acid groups (broad SMARTS) is 1. The third-order valence-electron chi connectivity index (χ3n) is 12.2. The highest BCUT2D eigenvalue weighted by atomic mass is 127. The first-order valence-electron chi connectivity index (χ1n) is 28.4. The van der Waals surface area contributed by atoms with Crippen LogP contribution in [0.25, 0.3) is 0 Å². The number of rotatable bonds is 24. The third-order valence-corrected chi connectivity index (χ3v) is 31.9. The minimum absolute atomic E-state index is 0.177. The number of methoxy groups -OCH3 is 3. The van der Waals surface area contributed by atoms with Crippen LogP contribution >= 0.6 is 407 Å². The molecule has 7 aromatic rings. The maximum Gasteiger partial charge on any atom is 0.338 e. The van der Waals surface area contributed by atoms with E-state index >= 15 is 0 Å². The molecule has 7 rings (SSSR count). The zero-order valence-electron chi connectivity index (χ0n) is 54.7. The van der Waals surface area contributed by atoms with Crippen molar-refractivity contribution in [3.05, 3.63) is 163 Å². The van der Waals surface area contributed by atoms with Crippen molar-refractivity contribution in [2.24, 2.45) is 0 Å². The number of phenols is 3. The summed E-state index contributed by atoms with van der Waals surface area (Å²) in [5.74, 6) is 3.38. The standard InChI is InChI=1S/2C12H15I3O3.C12H16I2O3.C9H5I3O4.C7H5I3O.2C7H6I2O/c1-8-9(13)7-10(14)12(11(8)15)18-6-5-17-4-3-16-2;1-8-7-9(13)10(14)11(15)12(8)18-6-5-17-4-3-16-2;1-9-7-10(13)8-11(14)12(9)17-6-5-16-4-3-15-2;1-3-5(10)4(9(14)15)7(12)8(6(3)11)16-2-13;1-3-4(8)2-5(9)7(11)6(3)10;1-4-2-5(8)3-6(9)7(4)10;1-4-2-5(8)7(10)6(9)3-4/h2*7H,3-6H2,1-2H3;7-8H,3-6H2,1-2H3;2H,1H3,(H,14,15);2,11H,1H3;2*2-3,10H,1H3. The highest BCUT2D eigenvalue weighted by molar-refractivity contribution is 14.1. The van der Waals surface area contributed by atoms with Gasteiger partial charge in [-0.05, 0) is 549 Å². The van der Waals surface area contributed by atoms with Crippen LogP contribution in [0.3, 0.4) is 0 Å². The molecule has 0 saturated carbocycles. The number of hydrogen-bond donors (Lipinski definition) is 4. The average Bonchev–Trinajstić information content (AvgIpc) is 0.790. The Hall–Kier alpha value is 5.18. The minimum Gasteiger partial charge on any atom is -0.507 e. The number of ether oxygens (including phenoxy) is 10. The lowest BCUT2D eigenvalue weighted by atomic mass is 10.1. The lowest BCUT2D eigenvalue weighted by Gasteiger charge is -2.13. The zero-order chi connectivity index (χ0) is 76.3. The summed E-state index contributed by atoms with van der Waals surface area (Å²) in [6, 6.07) is 18.3. The molecule has 4 N–H and O–H groups in total. The second-order valence-corrected chi connectivity index (χ2v) is 40.2. The summed E-state index contributed by atoms with van der Waals surface area (Å²) in [6.45, 7) is 21.4. The van der Waals surface area contributed by atoms with E-state index in [2.05, 4.69) is 384 Å². The van der Waals surface area contributed by atoms with Crippen molar-refractivity contribution in [2.45, 2.75) is 48.5 Å². The maximum absolute atomic E-state index is 11.1. The largest absolute Gasteiger partial charge is 0.507 e. The number of aryl methyl sites for hydroxylation is 4. The van der Waals surface area contributed by atoms with E-state index in [1.54, 1.807) is 28.3 Å². The summed E-state index contributed by atoms with van der Waals surface area (Å²) in [6.07, 6.45) is 0. The van der Waals surface area contributed by atoms with Gasteiger partial charge in [-0.25, -0.2) is 4.79 Å². The second kappa shape index (κ2) is 57.3. The summed E-state index contributed by atoms with van der Waals surface area (Å²) in [7, 11) is 5.00. The Morgan fingerprint density at radius 3 is 1.17 bits per heavy atom. The number of carbonyl (C=O) groups is 2. The number of aromatic carboxylic acids is 1. The van der Waals surface area contributed by atoms with Gasteiger partial charge in [-0.1, -0.05) is 0 Å². The van der Waals surface area contributed by atoms with E-state index in [-0.39, 0.29) is 5.56 Å². The molecule has 0 aliphatic rings. The minimum atomic E-state index is -1.02. The maximum atomic E-state index is 11.1. The summed E-state index contributed by atoms with van der Waals surface area (Å²) >= 11 is 39.7. The molecule has 7 aromatic carbocycles. The van der Waals surface area contributed by atoms with Crippen LogP contribution in [0.2, 0.25) is 0 Å². The van der Waals surface area contributed by atoms with Gasteiger partial charge in [-0.2, -0.15) is 0 Å². The summed E-state index contributed by atoms with van der Waals surface area (Å²) in [4.78, 5) is 21.5. The van der Waals surface area contributed by atoms with E-state index in [0.29, 0.717) is 116 Å². The van der Waals surface area contributed by atoms with E-state index in [1.165, 1.54) is 41.7 Å². The first kappa shape index (κ1) is 103. The monoisotopic (exact) mass is 3400 g/mol. The second-order valence-electron chi connectivity index (χ2n) is 19.7. The Kier molecular flexibility index (Phi) is 59.1. The van der Waals surface area contributed by atoms with E-state index in [1.807, 2.05) is 119 Å². The smallest absolute Gasteiger partial charge is 0.338 e. The Morgan fingerprint density at radius 1 is 0.340 bits per heavy atom. The molecular formula is C66H68I18O16. The van der Waals surface area contributed by atoms with Gasteiger partial charge >= 0.3 is 5.97 Å². The van der Waals surface area contributed by atoms with E-state index in [0.717, 1.165) is 71.6 Å². The third kappa shape index (κ3) is 38.1. The van der Waals surface area contributed by atoms with Gasteiger partial charge in [-0.15, -0.1) is 0 Å². The Labute approximate surface area is 832 Å². The number of halogens is 18. The lowest BCUT2D eigenvalue weighted by Crippen LogP contribution is -2.11. The van der Waals surface area contributed by atoms with Crippen molar-refractivity contribution in [3.8, 4) is 40.2 Å². The Balaban J connectivity index is 0.000000590. The van der Waals surface area contributed by atoms with Crippen molar-refractivity contribution in [1.29, 1.82) is 0 Å². The SMILES string of the molecule is COCCOCCOc1c(C)cc(I)c(I)c1I.COCCOCCOc1c(C)cc(I)cc1I.COCCOCCOc1c(I)cc(I)c(C)c1I.Cc1c(I)c(OC=O)c(I)c(C(=O)O)c1I.Cc1c(I)cc(I)c(O)c1I.Cc1cc(I)c(O)c(I)c1.Cc1cc(I)cc(I)c1O. The highest BCUT2D eigenvalue weighted by Gasteiger charge is 2.24. The topological polar surface area (TPSA) is 207 Å². The fraction of sp³-hybridized carbons (Fsp3) is 0.333. The van der Waals surface area contributed by atoms with Gasteiger partial charge in [0.2, 0.25) is 0 Å². The van der Waals surface area contributed by atoms with Gasteiger partial charge in [0, 0.05) is 46.3 Å². The predicted molar refractivity (Wildman–Crippen MR) is 550 cm³/mol. The molecule has 0 fully saturated rings. The average molecular weight is 3400 g/mol. The van der Waals surface area contributed by atoms with Crippen LogP contribution in [0.1, 0.15) is 49.3 Å². The fourth-order valence-electron chi connectivity index (χ4n) is 7.05. The molecule has 16 nitrogen and oxygen atoms in total. The molecule has 0 heterocycles. The molecule has 34 heteroatoms. The molecule has 554 valence electrons. The van der Waals surface area contributed by atoms with Gasteiger partial charge in [0.15, 0.2) is 5.75 Å². The summed E-state index contributed by atoms with van der Waals surface area (Å²) < 4.78 is 71.5. The van der Waals surface area contributed by atoms with Crippen LogP contribution in [0.15, 0.2) is 54.6 Å². The predicted octanol–water partition coefficient (Wildman–Crippen LogP) is 23.3. The molecule has 0 bridgehead atoms. The number of carbonyl (C=O) groups excluding carboxylic acids is 1. The number of phenolic OH excluding ortho intramolecular Hbond substituents is 3. The zero-order valence-corrected chi connectivity index (χ0v) is 93.6. The van der Waals surface area contributed by atoms with Crippen LogP contribution < -0.4 is 18.9 Å². The Morgan fingerprint density at radius 2 is 0.720 bits per heavy atom. The number of carboxylic acids is 1. The van der Waals surface area contributed by atoms with Crippen LogP contribution in [0.4, 0.5) is 0 Å². The molecule has 0 aliphatic carbocycles. The number of benzene rings is 7. The molecule has 100 heavy (non-hydrogen) atoms. The molecule has 0 radical (unpaired) electrons. The first-order valence-corrected chi connectivity index (χ1v) is 47.8. The van der Waals surface area contributed by atoms with Crippen LogP contribution in [0.5, 0.6) is 40.2 Å². The van der Waals surface area contributed by atoms with Crippen molar-refractivity contribution in [3.63, 3.8) is 0 Å². The first-order chi connectivity index (χ1) is 47.0. The molecule has 0 amide bonds. The molecule has 0 aliphatic heterocycles. The molecule has 0 spiro atoms. The summed E-state index contributed by atoms with van der Waals surface area (Å²) in [5.41, 5.74) is 7.87. The van der Waals surface area contributed by atoms with Crippen LogP contribution in [-0.2, 0) is 33.2 Å². The van der Waals surface area contributed by atoms with Gasteiger partial charge in [0.1, 0.15) is 54.3 Å². The van der Waals surface area contributed by atoms with Gasteiger partial charge in [-0.3, -0.25) is 4.79 Å². The fourth-order valence-corrected chi connectivity index (χ4v) is 27.0. The van der Waals surface area contributed by atoms with Crippen molar-refractivity contribution in [2.75, 3.05) is 101 Å². The molecule has 0 saturated heterocycles. The lowest BCUT2D eigenvalue weighted by molar-refractivity contribution is -0.120.